The molecule has 15 heavy (non-hydrogen) atoms. The van der Waals surface area contributed by atoms with Gasteiger partial charge in [-0.2, -0.15) is 0 Å². The van der Waals surface area contributed by atoms with Gasteiger partial charge in [-0.25, -0.2) is 0 Å². The van der Waals surface area contributed by atoms with E-state index in [1.54, 1.807) is 0 Å². The van der Waals surface area contributed by atoms with E-state index in [9.17, 15) is 9.90 Å². The molecule has 88 valence electrons. The summed E-state index contributed by atoms with van der Waals surface area (Å²) in [6.45, 7) is 1.94. The maximum Gasteiger partial charge on any atom is 0.305 e. The minimum atomic E-state index is -0.264. The molecule has 0 aromatic carbocycles. The van der Waals surface area contributed by atoms with Gasteiger partial charge in [-0.1, -0.05) is 0 Å². The van der Waals surface area contributed by atoms with Gasteiger partial charge in [0, 0.05) is 13.0 Å². The maximum atomic E-state index is 11.0. The number of carbonyl (C=O) groups excluding carboxylic acids is 1. The number of rotatable bonds is 3. The standard InChI is InChI=1S/C11H21NO3/c1-12-7-5-9(10(13)6-8-12)3-4-11(14)15-2/h9-10,13H,3-8H2,1-2H3/t9-,10+/m0/s1. The molecule has 0 amide bonds. The quantitative estimate of drug-likeness (QED) is 0.702. The number of likely N-dealkylation sites (tertiary alicyclic amines) is 1. The summed E-state index contributed by atoms with van der Waals surface area (Å²) in [5, 5.41) is 9.87. The highest BCUT2D eigenvalue weighted by Gasteiger charge is 2.23. The van der Waals surface area contributed by atoms with E-state index in [0.717, 1.165) is 32.4 Å². The summed E-state index contributed by atoms with van der Waals surface area (Å²) in [6.07, 6.45) is 2.67. The molecule has 2 atom stereocenters. The number of esters is 1. The Morgan fingerprint density at radius 1 is 1.47 bits per heavy atom. The van der Waals surface area contributed by atoms with Gasteiger partial charge in [-0.05, 0) is 38.8 Å². The molecule has 0 saturated carbocycles. The van der Waals surface area contributed by atoms with E-state index in [2.05, 4.69) is 16.7 Å². The van der Waals surface area contributed by atoms with Crippen LogP contribution < -0.4 is 0 Å². The van der Waals surface area contributed by atoms with Crippen LogP contribution in [-0.2, 0) is 9.53 Å². The van der Waals surface area contributed by atoms with Crippen molar-refractivity contribution >= 4 is 5.97 Å². The SMILES string of the molecule is COC(=O)CC[C@H]1CCN(C)CC[C@H]1O. The first-order valence-electron chi connectivity index (χ1n) is 5.57. The number of aliphatic hydroxyl groups excluding tert-OH is 1. The Balaban J connectivity index is 2.35. The molecule has 1 N–H and O–H groups in total. The van der Waals surface area contributed by atoms with Gasteiger partial charge in [0.05, 0.1) is 13.2 Å². The van der Waals surface area contributed by atoms with E-state index < -0.39 is 0 Å². The highest BCUT2D eigenvalue weighted by molar-refractivity contribution is 5.69. The van der Waals surface area contributed by atoms with Crippen LogP contribution in [0.15, 0.2) is 0 Å². The lowest BCUT2D eigenvalue weighted by Gasteiger charge is -2.18. The normalized spacial score (nSPS) is 28.5. The topological polar surface area (TPSA) is 49.8 Å². The van der Waals surface area contributed by atoms with Crippen LogP contribution in [0.2, 0.25) is 0 Å². The minimum Gasteiger partial charge on any atom is -0.469 e. The second kappa shape index (κ2) is 6.08. The first kappa shape index (κ1) is 12.5. The summed E-state index contributed by atoms with van der Waals surface area (Å²) in [6, 6.07) is 0. The largest absolute Gasteiger partial charge is 0.469 e. The smallest absolute Gasteiger partial charge is 0.305 e. The molecule has 0 aromatic heterocycles. The minimum absolute atomic E-state index is 0.181. The summed E-state index contributed by atoms with van der Waals surface area (Å²) < 4.78 is 4.60. The number of carbonyl (C=O) groups is 1. The van der Waals surface area contributed by atoms with Gasteiger partial charge < -0.3 is 14.7 Å². The lowest BCUT2D eigenvalue weighted by molar-refractivity contribution is -0.141. The van der Waals surface area contributed by atoms with Crippen LogP contribution in [-0.4, -0.2) is 49.3 Å². The maximum absolute atomic E-state index is 11.0. The van der Waals surface area contributed by atoms with E-state index in [-0.39, 0.29) is 18.0 Å². The van der Waals surface area contributed by atoms with Crippen molar-refractivity contribution in [2.75, 3.05) is 27.2 Å². The Kier molecular flexibility index (Phi) is 5.05. The van der Waals surface area contributed by atoms with Gasteiger partial charge in [-0.15, -0.1) is 0 Å². The zero-order valence-corrected chi connectivity index (χ0v) is 9.61. The Morgan fingerprint density at radius 2 is 2.13 bits per heavy atom. The highest BCUT2D eigenvalue weighted by atomic mass is 16.5. The van der Waals surface area contributed by atoms with Crippen molar-refractivity contribution in [1.82, 2.24) is 4.90 Å². The third kappa shape index (κ3) is 4.18. The number of aliphatic hydroxyl groups is 1. The molecule has 1 aliphatic rings. The first-order valence-corrected chi connectivity index (χ1v) is 5.57. The fraction of sp³-hybridized carbons (Fsp3) is 0.909. The molecule has 1 rings (SSSR count). The number of hydrogen-bond donors (Lipinski definition) is 1. The third-order valence-corrected chi connectivity index (χ3v) is 3.18. The number of ether oxygens (including phenoxy) is 1. The molecule has 1 fully saturated rings. The van der Waals surface area contributed by atoms with Crippen molar-refractivity contribution in [3.63, 3.8) is 0 Å². The van der Waals surface area contributed by atoms with Crippen molar-refractivity contribution in [1.29, 1.82) is 0 Å². The van der Waals surface area contributed by atoms with Crippen LogP contribution >= 0.6 is 0 Å². The lowest BCUT2D eigenvalue weighted by Crippen LogP contribution is -2.21. The average molecular weight is 215 g/mol. The summed E-state index contributed by atoms with van der Waals surface area (Å²) in [5.74, 6) is 0.0638. The predicted octanol–water partition coefficient (Wildman–Crippen LogP) is 0.642. The van der Waals surface area contributed by atoms with Crippen molar-refractivity contribution in [3.05, 3.63) is 0 Å². The molecule has 0 unspecified atom stereocenters. The van der Waals surface area contributed by atoms with Crippen molar-refractivity contribution in [2.45, 2.75) is 31.8 Å². The van der Waals surface area contributed by atoms with Crippen LogP contribution in [0.5, 0.6) is 0 Å². The molecule has 4 nitrogen and oxygen atoms in total. The number of hydrogen-bond acceptors (Lipinski definition) is 4. The van der Waals surface area contributed by atoms with Crippen LogP contribution in [0.4, 0.5) is 0 Å². The molecule has 0 aliphatic carbocycles. The van der Waals surface area contributed by atoms with Crippen molar-refractivity contribution < 1.29 is 14.6 Å². The summed E-state index contributed by atoms with van der Waals surface area (Å²) in [7, 11) is 3.47. The zero-order valence-electron chi connectivity index (χ0n) is 9.61. The molecule has 0 spiro atoms. The molecular weight excluding hydrogens is 194 g/mol. The van der Waals surface area contributed by atoms with E-state index in [0.29, 0.717) is 6.42 Å². The van der Waals surface area contributed by atoms with E-state index in [1.165, 1.54) is 7.11 Å². The van der Waals surface area contributed by atoms with Crippen molar-refractivity contribution in [2.24, 2.45) is 5.92 Å². The second-order valence-corrected chi connectivity index (χ2v) is 4.32. The summed E-state index contributed by atoms with van der Waals surface area (Å²) >= 11 is 0. The molecule has 1 heterocycles. The van der Waals surface area contributed by atoms with Gasteiger partial charge in [0.15, 0.2) is 0 Å². The molecule has 1 saturated heterocycles. The highest BCUT2D eigenvalue weighted by Crippen LogP contribution is 2.22. The Hall–Kier alpha value is -0.610. The predicted molar refractivity (Wildman–Crippen MR) is 57.5 cm³/mol. The first-order chi connectivity index (χ1) is 7.13. The zero-order chi connectivity index (χ0) is 11.3. The fourth-order valence-corrected chi connectivity index (χ4v) is 2.02. The van der Waals surface area contributed by atoms with E-state index in [4.69, 9.17) is 0 Å². The molecule has 0 aromatic rings. The van der Waals surface area contributed by atoms with Gasteiger partial charge in [0.2, 0.25) is 0 Å². The summed E-state index contributed by atoms with van der Waals surface area (Å²) in [4.78, 5) is 13.2. The van der Waals surface area contributed by atoms with Crippen LogP contribution in [0.25, 0.3) is 0 Å². The molecule has 0 bridgehead atoms. The lowest BCUT2D eigenvalue weighted by atomic mass is 9.92. The Labute approximate surface area is 91.2 Å². The monoisotopic (exact) mass is 215 g/mol. The van der Waals surface area contributed by atoms with E-state index in [1.807, 2.05) is 0 Å². The molecule has 4 heteroatoms. The third-order valence-electron chi connectivity index (χ3n) is 3.18. The molecule has 1 aliphatic heterocycles. The van der Waals surface area contributed by atoms with Crippen LogP contribution in [0.1, 0.15) is 25.7 Å². The van der Waals surface area contributed by atoms with Crippen LogP contribution in [0, 0.1) is 5.92 Å². The van der Waals surface area contributed by atoms with Gasteiger partial charge in [-0.3, -0.25) is 4.79 Å². The van der Waals surface area contributed by atoms with Crippen molar-refractivity contribution in [3.8, 4) is 0 Å². The summed E-state index contributed by atoms with van der Waals surface area (Å²) in [5.41, 5.74) is 0. The van der Waals surface area contributed by atoms with Gasteiger partial charge in [0.1, 0.15) is 0 Å². The number of methoxy groups -OCH3 is 1. The van der Waals surface area contributed by atoms with Gasteiger partial charge in [0.25, 0.3) is 0 Å². The average Bonchev–Trinajstić information content (AvgIpc) is 2.39. The van der Waals surface area contributed by atoms with Gasteiger partial charge >= 0.3 is 5.97 Å². The Morgan fingerprint density at radius 3 is 2.80 bits per heavy atom. The Bertz CT molecular complexity index is 208. The van der Waals surface area contributed by atoms with E-state index >= 15 is 0 Å². The second-order valence-electron chi connectivity index (χ2n) is 4.32. The van der Waals surface area contributed by atoms with Crippen LogP contribution in [0.3, 0.4) is 0 Å². The molecule has 0 radical (unpaired) electrons. The molecular formula is C11H21NO3. The fourth-order valence-electron chi connectivity index (χ4n) is 2.02. The number of nitrogens with zero attached hydrogens (tertiary/aromatic N) is 1.